The van der Waals surface area contributed by atoms with Gasteiger partial charge < -0.3 is 9.15 Å². The van der Waals surface area contributed by atoms with Gasteiger partial charge in [0.2, 0.25) is 5.91 Å². The minimum Gasteiger partial charge on any atom is -0.468 e. The molecule has 0 fully saturated rings. The number of rotatable bonds is 14. The van der Waals surface area contributed by atoms with Gasteiger partial charge in [0.05, 0.1) is 36.0 Å². The van der Waals surface area contributed by atoms with Crippen molar-refractivity contribution in [3.05, 3.63) is 59.5 Å². The topological polar surface area (TPSA) is 106 Å². The Bertz CT molecular complexity index is 1010. The van der Waals surface area contributed by atoms with Gasteiger partial charge in [0.1, 0.15) is 11.8 Å². The van der Waals surface area contributed by atoms with Crippen molar-refractivity contribution >= 4 is 35.3 Å². The molecule has 0 spiro atoms. The van der Waals surface area contributed by atoms with Crippen LogP contribution in [0.2, 0.25) is 0 Å². The standard InChI is InChI=1S/C27H36N2O6S/c1-5-6-13-23(24(30)18-36-17-20-10-9-16-35-20)29(25(31)15-14-19(2)3)28-26(32)21-11-7-8-12-22(21)27(33)34-4/h7-12,16,19,23H,5-6,13-15,17-18H2,1-4H3,(H,28,32)/t23-/m0/s1. The van der Waals surface area contributed by atoms with Crippen molar-refractivity contribution in [1.82, 2.24) is 10.4 Å². The monoisotopic (exact) mass is 516 g/mol. The quantitative estimate of drug-likeness (QED) is 0.277. The Morgan fingerprint density at radius 3 is 2.39 bits per heavy atom. The van der Waals surface area contributed by atoms with Crippen LogP contribution >= 0.6 is 11.8 Å². The number of unbranched alkanes of at least 4 members (excludes halogenated alkanes) is 1. The van der Waals surface area contributed by atoms with E-state index in [1.807, 2.05) is 26.8 Å². The highest BCUT2D eigenvalue weighted by atomic mass is 32.2. The molecule has 0 aliphatic carbocycles. The zero-order chi connectivity index (χ0) is 26.5. The van der Waals surface area contributed by atoms with Crippen molar-refractivity contribution < 1.29 is 28.3 Å². The van der Waals surface area contributed by atoms with Crippen LogP contribution in [-0.2, 0) is 20.1 Å². The number of benzene rings is 1. The highest BCUT2D eigenvalue weighted by Gasteiger charge is 2.31. The Hall–Kier alpha value is -3.07. The van der Waals surface area contributed by atoms with Gasteiger partial charge in [-0.1, -0.05) is 45.7 Å². The summed E-state index contributed by atoms with van der Waals surface area (Å²) in [6, 6.07) is 9.03. The van der Waals surface area contributed by atoms with Crippen LogP contribution in [0.15, 0.2) is 47.1 Å². The number of hydrogen-bond acceptors (Lipinski definition) is 7. The van der Waals surface area contributed by atoms with Crippen molar-refractivity contribution in [3.8, 4) is 0 Å². The number of ketones is 1. The molecule has 196 valence electrons. The molecule has 2 rings (SSSR count). The third-order valence-electron chi connectivity index (χ3n) is 5.59. The Balaban J connectivity index is 2.29. The third kappa shape index (κ3) is 8.86. The first-order chi connectivity index (χ1) is 17.3. The molecule has 8 nitrogen and oxygen atoms in total. The number of Topliss-reactive ketones (excluding diaryl/α,β-unsaturated/α-hetero) is 1. The summed E-state index contributed by atoms with van der Waals surface area (Å²) in [4.78, 5) is 52.1. The number of thioether (sulfide) groups is 1. The van der Waals surface area contributed by atoms with E-state index in [9.17, 15) is 19.2 Å². The lowest BCUT2D eigenvalue weighted by atomic mass is 10.0. The third-order valence-corrected chi connectivity index (χ3v) is 6.56. The number of carbonyl (C=O) groups excluding carboxylic acids is 4. The van der Waals surface area contributed by atoms with Crippen molar-refractivity contribution in [2.24, 2.45) is 5.92 Å². The summed E-state index contributed by atoms with van der Waals surface area (Å²) in [7, 11) is 1.23. The van der Waals surface area contributed by atoms with Gasteiger partial charge in [-0.2, -0.15) is 0 Å². The van der Waals surface area contributed by atoms with Gasteiger partial charge in [-0.25, -0.2) is 9.80 Å². The number of hydrogen-bond donors (Lipinski definition) is 1. The summed E-state index contributed by atoms with van der Waals surface area (Å²) in [5.74, 6) is -0.0668. The van der Waals surface area contributed by atoms with Crippen molar-refractivity contribution in [2.75, 3.05) is 12.9 Å². The second kappa shape index (κ2) is 15.1. The van der Waals surface area contributed by atoms with E-state index in [0.717, 1.165) is 12.2 Å². The number of nitrogens with one attached hydrogen (secondary N) is 1. The van der Waals surface area contributed by atoms with E-state index in [2.05, 4.69) is 5.43 Å². The predicted octanol–water partition coefficient (Wildman–Crippen LogP) is 5.04. The van der Waals surface area contributed by atoms with Gasteiger partial charge in [0.15, 0.2) is 5.78 Å². The minimum absolute atomic E-state index is 0.0693. The van der Waals surface area contributed by atoms with E-state index in [1.54, 1.807) is 24.5 Å². The van der Waals surface area contributed by atoms with Crippen molar-refractivity contribution in [3.63, 3.8) is 0 Å². The molecule has 1 N–H and O–H groups in total. The smallest absolute Gasteiger partial charge is 0.338 e. The van der Waals surface area contributed by atoms with Crippen LogP contribution in [0.25, 0.3) is 0 Å². The van der Waals surface area contributed by atoms with E-state index < -0.39 is 17.9 Å². The highest BCUT2D eigenvalue weighted by molar-refractivity contribution is 7.99. The lowest BCUT2D eigenvalue weighted by Gasteiger charge is -2.31. The van der Waals surface area contributed by atoms with E-state index in [0.29, 0.717) is 25.0 Å². The van der Waals surface area contributed by atoms with Crippen molar-refractivity contribution in [2.45, 2.75) is 64.7 Å². The molecule has 1 heterocycles. The van der Waals surface area contributed by atoms with Crippen LogP contribution in [0.3, 0.4) is 0 Å². The molecule has 0 aliphatic rings. The molecule has 0 saturated heterocycles. The molecule has 1 atom stereocenters. The SMILES string of the molecule is CCCC[C@@H](C(=O)CSCc1ccco1)N(NC(=O)c1ccccc1C(=O)OC)C(=O)CCC(C)C. The van der Waals surface area contributed by atoms with E-state index in [1.165, 1.54) is 36.0 Å². The molecule has 0 unspecified atom stereocenters. The second-order valence-corrected chi connectivity index (χ2v) is 9.86. The molecule has 0 bridgehead atoms. The van der Waals surface area contributed by atoms with E-state index in [-0.39, 0.29) is 40.9 Å². The van der Waals surface area contributed by atoms with Gasteiger partial charge in [-0.3, -0.25) is 19.8 Å². The maximum absolute atomic E-state index is 13.3. The van der Waals surface area contributed by atoms with Crippen LogP contribution in [0, 0.1) is 5.92 Å². The van der Waals surface area contributed by atoms with Gasteiger partial charge in [0, 0.05) is 6.42 Å². The molecule has 0 saturated carbocycles. The Morgan fingerprint density at radius 1 is 1.06 bits per heavy atom. The average molecular weight is 517 g/mol. The highest BCUT2D eigenvalue weighted by Crippen LogP contribution is 2.19. The van der Waals surface area contributed by atoms with Crippen LogP contribution in [0.5, 0.6) is 0 Å². The van der Waals surface area contributed by atoms with Gasteiger partial charge >= 0.3 is 5.97 Å². The number of methoxy groups -OCH3 is 1. The normalized spacial score (nSPS) is 11.7. The zero-order valence-electron chi connectivity index (χ0n) is 21.5. The molecule has 2 aromatic rings. The number of ether oxygens (including phenoxy) is 1. The molecule has 1 aromatic heterocycles. The van der Waals surface area contributed by atoms with Crippen LogP contribution in [0.1, 0.15) is 79.4 Å². The molecular formula is C27H36N2O6S. The average Bonchev–Trinajstić information content (AvgIpc) is 3.39. The number of hydrazine groups is 1. The summed E-state index contributed by atoms with van der Waals surface area (Å²) in [5, 5.41) is 1.18. The lowest BCUT2D eigenvalue weighted by Crippen LogP contribution is -2.55. The first kappa shape index (κ1) is 29.2. The molecule has 9 heteroatoms. The number of furan rings is 1. The first-order valence-corrected chi connectivity index (χ1v) is 13.4. The maximum Gasteiger partial charge on any atom is 0.338 e. The van der Waals surface area contributed by atoms with Gasteiger partial charge in [-0.15, -0.1) is 11.8 Å². The lowest BCUT2D eigenvalue weighted by molar-refractivity contribution is -0.142. The fourth-order valence-corrected chi connectivity index (χ4v) is 4.42. The zero-order valence-corrected chi connectivity index (χ0v) is 22.3. The fourth-order valence-electron chi connectivity index (χ4n) is 3.56. The maximum atomic E-state index is 13.3. The number of carbonyl (C=O) groups is 4. The Morgan fingerprint density at radius 2 is 1.78 bits per heavy atom. The summed E-state index contributed by atoms with van der Waals surface area (Å²) in [6.45, 7) is 6.02. The largest absolute Gasteiger partial charge is 0.468 e. The molecule has 0 radical (unpaired) electrons. The van der Waals surface area contributed by atoms with E-state index >= 15 is 0 Å². The predicted molar refractivity (Wildman–Crippen MR) is 139 cm³/mol. The number of nitrogens with zero attached hydrogens (tertiary/aromatic N) is 1. The summed E-state index contributed by atoms with van der Waals surface area (Å²) >= 11 is 1.40. The second-order valence-electron chi connectivity index (χ2n) is 8.87. The molecule has 1 aromatic carbocycles. The number of esters is 1. The van der Waals surface area contributed by atoms with Gasteiger partial charge in [0.25, 0.3) is 5.91 Å². The van der Waals surface area contributed by atoms with Crippen molar-refractivity contribution in [1.29, 1.82) is 0 Å². The van der Waals surface area contributed by atoms with E-state index in [4.69, 9.17) is 9.15 Å². The minimum atomic E-state index is -0.817. The molecule has 36 heavy (non-hydrogen) atoms. The summed E-state index contributed by atoms with van der Waals surface area (Å²) in [6.07, 6.45) is 4.35. The summed E-state index contributed by atoms with van der Waals surface area (Å²) in [5.41, 5.74) is 2.81. The summed E-state index contributed by atoms with van der Waals surface area (Å²) < 4.78 is 10.1. The Kier molecular flexibility index (Phi) is 12.3. The molecular weight excluding hydrogens is 480 g/mol. The van der Waals surface area contributed by atoms with Crippen LogP contribution < -0.4 is 5.43 Å². The van der Waals surface area contributed by atoms with Gasteiger partial charge in [-0.05, 0) is 43.0 Å². The molecule has 0 aliphatic heterocycles. The Labute approximate surface area is 217 Å². The fraction of sp³-hybridized carbons (Fsp3) is 0.481. The van der Waals surface area contributed by atoms with Crippen LogP contribution in [0.4, 0.5) is 0 Å². The van der Waals surface area contributed by atoms with Crippen LogP contribution in [-0.4, -0.2) is 47.5 Å². The number of amides is 2. The molecule has 2 amide bonds. The first-order valence-electron chi connectivity index (χ1n) is 12.2.